The number of thioether (sulfide) groups is 1. The van der Waals surface area contributed by atoms with Gasteiger partial charge in [0.15, 0.2) is 5.13 Å². The van der Waals surface area contributed by atoms with Gasteiger partial charge < -0.3 is 4.42 Å². The molecule has 7 nitrogen and oxygen atoms in total. The van der Waals surface area contributed by atoms with Crippen LogP contribution >= 0.6 is 23.1 Å². The van der Waals surface area contributed by atoms with Crippen molar-refractivity contribution in [2.45, 2.75) is 29.8 Å². The molecule has 0 bridgehead atoms. The molecule has 0 fully saturated rings. The molecular weight excluding hydrogens is 551 g/mol. The molecule has 0 aliphatic carbocycles. The van der Waals surface area contributed by atoms with E-state index in [2.05, 4.69) is 0 Å². The summed E-state index contributed by atoms with van der Waals surface area (Å²) in [6.45, 7) is 2.60. The second-order valence-corrected chi connectivity index (χ2v) is 12.5. The number of rotatable bonds is 10. The van der Waals surface area contributed by atoms with Crippen molar-refractivity contribution in [2.75, 3.05) is 17.7 Å². The van der Waals surface area contributed by atoms with E-state index in [0.29, 0.717) is 23.0 Å². The molecule has 0 atom stereocenters. The Morgan fingerprint density at radius 3 is 2.38 bits per heavy atom. The fraction of sp³-hybridized carbons (Fsp3) is 0.172. The SMILES string of the molecule is CCN(Cc1ccccc1)S(=O)(=O)c1ccc(C(=O)N(Cc2ccco2)c2nc3c(SC)cccc3s2)cc1. The van der Waals surface area contributed by atoms with Gasteiger partial charge in [-0.25, -0.2) is 13.4 Å². The number of sulfonamides is 1. The highest BCUT2D eigenvalue weighted by Gasteiger charge is 2.26. The van der Waals surface area contributed by atoms with Crippen LogP contribution in [0.2, 0.25) is 0 Å². The van der Waals surface area contributed by atoms with Crippen molar-refractivity contribution in [2.24, 2.45) is 0 Å². The van der Waals surface area contributed by atoms with Gasteiger partial charge in [0, 0.05) is 23.5 Å². The molecule has 0 spiro atoms. The van der Waals surface area contributed by atoms with E-state index in [9.17, 15) is 13.2 Å². The number of benzene rings is 3. The van der Waals surface area contributed by atoms with E-state index >= 15 is 0 Å². The van der Waals surface area contributed by atoms with Gasteiger partial charge in [-0.2, -0.15) is 4.31 Å². The van der Waals surface area contributed by atoms with Crippen molar-refractivity contribution in [3.05, 3.63) is 108 Å². The van der Waals surface area contributed by atoms with E-state index in [0.717, 1.165) is 20.7 Å². The van der Waals surface area contributed by atoms with E-state index < -0.39 is 10.0 Å². The Morgan fingerprint density at radius 2 is 1.72 bits per heavy atom. The van der Waals surface area contributed by atoms with Crippen LogP contribution in [0, 0.1) is 0 Å². The molecule has 5 rings (SSSR count). The van der Waals surface area contributed by atoms with Crippen LogP contribution in [0.1, 0.15) is 28.6 Å². The molecule has 0 aliphatic rings. The highest BCUT2D eigenvalue weighted by Crippen LogP contribution is 2.35. The van der Waals surface area contributed by atoms with Gasteiger partial charge in [0.25, 0.3) is 5.91 Å². The van der Waals surface area contributed by atoms with Crippen LogP contribution in [0.25, 0.3) is 10.2 Å². The Kier molecular flexibility index (Phi) is 8.18. The summed E-state index contributed by atoms with van der Waals surface area (Å²) >= 11 is 3.03. The minimum absolute atomic E-state index is 0.138. The van der Waals surface area contributed by atoms with Gasteiger partial charge in [-0.3, -0.25) is 9.69 Å². The number of aromatic nitrogens is 1. The summed E-state index contributed by atoms with van der Waals surface area (Å²) in [7, 11) is -3.75. The van der Waals surface area contributed by atoms with Gasteiger partial charge in [-0.15, -0.1) is 11.8 Å². The van der Waals surface area contributed by atoms with Crippen LogP contribution < -0.4 is 4.90 Å². The number of carbonyl (C=O) groups is 1. The molecule has 2 aromatic heterocycles. The predicted octanol–water partition coefficient (Wildman–Crippen LogP) is 6.67. The third-order valence-corrected chi connectivity index (χ3v) is 10.0. The minimum atomic E-state index is -3.75. The summed E-state index contributed by atoms with van der Waals surface area (Å²) in [5, 5.41) is 0.546. The Balaban J connectivity index is 1.44. The maximum absolute atomic E-state index is 13.8. The number of anilines is 1. The lowest BCUT2D eigenvalue weighted by molar-refractivity contribution is 0.0983. The minimum Gasteiger partial charge on any atom is -0.467 e. The number of carbonyl (C=O) groups excluding carboxylic acids is 1. The second kappa shape index (κ2) is 11.7. The number of hydrogen-bond donors (Lipinski definition) is 0. The fourth-order valence-corrected chi connectivity index (χ4v) is 7.26. The second-order valence-electron chi connectivity index (χ2n) is 8.72. The maximum Gasteiger partial charge on any atom is 0.260 e. The highest BCUT2D eigenvalue weighted by atomic mass is 32.2. The van der Waals surface area contributed by atoms with Gasteiger partial charge >= 0.3 is 0 Å². The standard InChI is InChI=1S/C29H27N3O4S3/c1-3-31(19-21-9-5-4-6-10-21)39(34,35)24-16-14-22(15-17-24)28(33)32(20-23-11-8-18-36-23)29-30-27-25(37-2)12-7-13-26(27)38-29/h4-18H,3,19-20H2,1-2H3. The zero-order valence-corrected chi connectivity index (χ0v) is 23.9. The molecule has 0 saturated carbocycles. The molecule has 2 heterocycles. The van der Waals surface area contributed by atoms with Crippen molar-refractivity contribution in [3.63, 3.8) is 0 Å². The monoisotopic (exact) mass is 577 g/mol. The highest BCUT2D eigenvalue weighted by molar-refractivity contribution is 7.98. The maximum atomic E-state index is 13.8. The molecule has 3 aromatic carbocycles. The van der Waals surface area contributed by atoms with E-state index in [1.54, 1.807) is 41.1 Å². The normalized spacial score (nSPS) is 11.8. The topological polar surface area (TPSA) is 83.7 Å². The van der Waals surface area contributed by atoms with Gasteiger partial charge in [0.05, 0.1) is 27.9 Å². The third-order valence-electron chi connectivity index (χ3n) is 6.25. The summed E-state index contributed by atoms with van der Waals surface area (Å²) in [6, 6.07) is 25.1. The van der Waals surface area contributed by atoms with E-state index in [-0.39, 0.29) is 23.9 Å². The molecule has 0 saturated heterocycles. The average molecular weight is 578 g/mol. The third kappa shape index (κ3) is 5.79. The lowest BCUT2D eigenvalue weighted by Gasteiger charge is -2.21. The molecule has 0 unspecified atom stereocenters. The van der Waals surface area contributed by atoms with Gasteiger partial charge in [0.2, 0.25) is 10.0 Å². The quantitative estimate of drug-likeness (QED) is 0.172. The van der Waals surface area contributed by atoms with Crippen LogP contribution in [0.4, 0.5) is 5.13 Å². The molecule has 200 valence electrons. The van der Waals surface area contributed by atoms with E-state index in [4.69, 9.17) is 9.40 Å². The summed E-state index contributed by atoms with van der Waals surface area (Å²) in [4.78, 5) is 21.3. The van der Waals surface area contributed by atoms with E-state index in [1.807, 2.05) is 67.8 Å². The molecule has 0 aliphatic heterocycles. The van der Waals surface area contributed by atoms with Crippen molar-refractivity contribution in [1.82, 2.24) is 9.29 Å². The summed E-state index contributed by atoms with van der Waals surface area (Å²) in [5.41, 5.74) is 2.11. The molecule has 10 heteroatoms. The Labute approximate surface area is 236 Å². The van der Waals surface area contributed by atoms with Crippen molar-refractivity contribution >= 4 is 54.4 Å². The Bertz CT molecular complexity index is 1670. The first-order valence-corrected chi connectivity index (χ1v) is 15.8. The first kappa shape index (κ1) is 27.1. The van der Waals surface area contributed by atoms with Crippen LogP contribution in [-0.2, 0) is 23.1 Å². The molecule has 0 radical (unpaired) electrons. The lowest BCUT2D eigenvalue weighted by Crippen LogP contribution is -2.31. The summed E-state index contributed by atoms with van der Waals surface area (Å²) in [5.74, 6) is 0.322. The predicted molar refractivity (Wildman–Crippen MR) is 157 cm³/mol. The molecule has 0 N–H and O–H groups in total. The summed E-state index contributed by atoms with van der Waals surface area (Å²) in [6.07, 6.45) is 3.56. The molecule has 39 heavy (non-hydrogen) atoms. The fourth-order valence-electron chi connectivity index (χ4n) is 4.20. The van der Waals surface area contributed by atoms with E-state index in [1.165, 1.54) is 27.8 Å². The number of thiazole rings is 1. The molecular formula is C29H27N3O4S3. The Hall–Kier alpha value is -3.44. The lowest BCUT2D eigenvalue weighted by atomic mass is 10.2. The Morgan fingerprint density at radius 1 is 0.949 bits per heavy atom. The molecule has 1 amide bonds. The number of fused-ring (bicyclic) bond motifs is 1. The zero-order chi connectivity index (χ0) is 27.4. The van der Waals surface area contributed by atoms with Crippen molar-refractivity contribution < 1.29 is 17.6 Å². The van der Waals surface area contributed by atoms with Gasteiger partial charge in [0.1, 0.15) is 5.76 Å². The van der Waals surface area contributed by atoms with Gasteiger partial charge in [-0.05, 0) is 60.4 Å². The molecule has 5 aromatic rings. The van der Waals surface area contributed by atoms with Crippen LogP contribution in [0.15, 0.2) is 105 Å². The summed E-state index contributed by atoms with van der Waals surface area (Å²) < 4.78 is 34.7. The first-order valence-electron chi connectivity index (χ1n) is 12.3. The van der Waals surface area contributed by atoms with Crippen molar-refractivity contribution in [1.29, 1.82) is 0 Å². The average Bonchev–Trinajstić information content (AvgIpc) is 3.64. The number of furan rings is 1. The number of hydrogen-bond acceptors (Lipinski definition) is 7. The van der Waals surface area contributed by atoms with Crippen molar-refractivity contribution in [3.8, 4) is 0 Å². The number of amides is 1. The number of nitrogens with zero attached hydrogens (tertiary/aromatic N) is 3. The smallest absolute Gasteiger partial charge is 0.260 e. The van der Waals surface area contributed by atoms with Crippen LogP contribution in [-0.4, -0.2) is 36.4 Å². The van der Waals surface area contributed by atoms with Crippen LogP contribution in [0.3, 0.4) is 0 Å². The van der Waals surface area contributed by atoms with Gasteiger partial charge in [-0.1, -0.05) is 54.7 Å². The first-order chi connectivity index (χ1) is 18.9. The zero-order valence-electron chi connectivity index (χ0n) is 21.5. The largest absolute Gasteiger partial charge is 0.467 e. The van der Waals surface area contributed by atoms with Crippen LogP contribution in [0.5, 0.6) is 0 Å². The number of para-hydroxylation sites is 1.